The number of hydrogen-bond acceptors (Lipinski definition) is 4. The zero-order chi connectivity index (χ0) is 18.3. The predicted molar refractivity (Wildman–Crippen MR) is 92.9 cm³/mol. The van der Waals surface area contributed by atoms with E-state index in [2.05, 4.69) is 10.6 Å². The van der Waals surface area contributed by atoms with Crippen LogP contribution in [0.2, 0.25) is 0 Å². The van der Waals surface area contributed by atoms with E-state index in [1.54, 1.807) is 21.0 Å². The van der Waals surface area contributed by atoms with Crippen molar-refractivity contribution in [3.63, 3.8) is 0 Å². The van der Waals surface area contributed by atoms with Crippen LogP contribution in [0, 0.1) is 5.92 Å². The van der Waals surface area contributed by atoms with Crippen molar-refractivity contribution in [2.75, 3.05) is 7.11 Å². The highest BCUT2D eigenvalue weighted by Gasteiger charge is 2.26. The van der Waals surface area contributed by atoms with Gasteiger partial charge < -0.3 is 20.1 Å². The third-order valence-electron chi connectivity index (χ3n) is 3.54. The van der Waals surface area contributed by atoms with Crippen molar-refractivity contribution in [1.29, 1.82) is 0 Å². The van der Waals surface area contributed by atoms with Crippen LogP contribution in [0.3, 0.4) is 0 Å². The number of hydrogen-bond donors (Lipinski definition) is 2. The monoisotopic (exact) mass is 336 g/mol. The molecule has 24 heavy (non-hydrogen) atoms. The third-order valence-corrected chi connectivity index (χ3v) is 3.54. The van der Waals surface area contributed by atoms with E-state index in [0.717, 1.165) is 11.3 Å². The van der Waals surface area contributed by atoms with Crippen molar-refractivity contribution in [3.8, 4) is 5.75 Å². The lowest BCUT2D eigenvalue weighted by molar-refractivity contribution is -0.124. The van der Waals surface area contributed by atoms with Crippen molar-refractivity contribution in [2.45, 2.75) is 52.8 Å². The van der Waals surface area contributed by atoms with Crippen molar-refractivity contribution in [1.82, 2.24) is 10.6 Å². The standard InChI is InChI=1S/C18H28N2O4/c1-11(2)16(20-18(22)24-12(3)4)17(21)19-13(5)14-7-9-15(23-6)10-8-14/h7-13,16H,1-6H3,(H,19,21)(H,20,22)/t13?,16-/m0/s1. The van der Waals surface area contributed by atoms with Gasteiger partial charge in [-0.3, -0.25) is 4.79 Å². The first-order valence-corrected chi connectivity index (χ1v) is 8.16. The maximum atomic E-state index is 12.5. The number of alkyl carbamates (subject to hydrolysis) is 1. The Hall–Kier alpha value is -2.24. The van der Waals surface area contributed by atoms with Gasteiger partial charge in [0.1, 0.15) is 11.8 Å². The van der Waals surface area contributed by atoms with Crippen LogP contribution in [0.4, 0.5) is 4.79 Å². The summed E-state index contributed by atoms with van der Waals surface area (Å²) in [5, 5.41) is 5.55. The Morgan fingerprint density at radius 3 is 2.00 bits per heavy atom. The van der Waals surface area contributed by atoms with Gasteiger partial charge in [0, 0.05) is 0 Å². The molecular formula is C18H28N2O4. The summed E-state index contributed by atoms with van der Waals surface area (Å²) in [4.78, 5) is 24.3. The van der Waals surface area contributed by atoms with Gasteiger partial charge in [-0.25, -0.2) is 4.79 Å². The summed E-state index contributed by atoms with van der Waals surface area (Å²) in [6.07, 6.45) is -0.824. The number of carbonyl (C=O) groups is 2. The van der Waals surface area contributed by atoms with Crippen LogP contribution in [0.25, 0.3) is 0 Å². The van der Waals surface area contributed by atoms with Gasteiger partial charge >= 0.3 is 6.09 Å². The largest absolute Gasteiger partial charge is 0.497 e. The Morgan fingerprint density at radius 1 is 0.958 bits per heavy atom. The van der Waals surface area contributed by atoms with Crippen LogP contribution in [-0.2, 0) is 9.53 Å². The van der Waals surface area contributed by atoms with Gasteiger partial charge in [0.25, 0.3) is 0 Å². The van der Waals surface area contributed by atoms with E-state index >= 15 is 0 Å². The van der Waals surface area contributed by atoms with Crippen molar-refractivity contribution in [3.05, 3.63) is 29.8 Å². The molecule has 0 aliphatic heterocycles. The first-order valence-electron chi connectivity index (χ1n) is 8.16. The van der Waals surface area contributed by atoms with Crippen LogP contribution < -0.4 is 15.4 Å². The Labute approximate surface area is 143 Å². The highest BCUT2D eigenvalue weighted by Crippen LogP contribution is 2.17. The minimum Gasteiger partial charge on any atom is -0.497 e. The number of methoxy groups -OCH3 is 1. The van der Waals surface area contributed by atoms with Gasteiger partial charge in [-0.1, -0.05) is 26.0 Å². The van der Waals surface area contributed by atoms with Gasteiger partial charge in [0.2, 0.25) is 5.91 Å². The molecule has 0 aliphatic rings. The lowest BCUT2D eigenvalue weighted by Gasteiger charge is -2.24. The first kappa shape index (κ1) is 19.8. The number of nitrogens with one attached hydrogen (secondary N) is 2. The molecule has 2 amide bonds. The number of rotatable bonds is 7. The Morgan fingerprint density at radius 2 is 1.54 bits per heavy atom. The van der Waals surface area contributed by atoms with E-state index in [1.165, 1.54) is 0 Å². The van der Waals surface area contributed by atoms with Crippen LogP contribution in [0.5, 0.6) is 5.75 Å². The zero-order valence-corrected chi connectivity index (χ0v) is 15.3. The number of benzene rings is 1. The smallest absolute Gasteiger partial charge is 0.408 e. The second-order valence-corrected chi connectivity index (χ2v) is 6.32. The van der Waals surface area contributed by atoms with Crippen LogP contribution in [0.15, 0.2) is 24.3 Å². The molecule has 0 aliphatic carbocycles. The van der Waals surface area contributed by atoms with Crippen molar-refractivity contribution in [2.24, 2.45) is 5.92 Å². The predicted octanol–water partition coefficient (Wildman–Crippen LogP) is 3.03. The van der Waals surface area contributed by atoms with E-state index in [1.807, 2.05) is 45.0 Å². The molecule has 0 saturated carbocycles. The van der Waals surface area contributed by atoms with Crippen LogP contribution in [-0.4, -0.2) is 31.3 Å². The number of ether oxygens (including phenoxy) is 2. The molecule has 6 nitrogen and oxygen atoms in total. The Kier molecular flexibility index (Phi) is 7.55. The highest BCUT2D eigenvalue weighted by atomic mass is 16.6. The van der Waals surface area contributed by atoms with Crippen LogP contribution in [0.1, 0.15) is 46.2 Å². The maximum Gasteiger partial charge on any atom is 0.408 e. The second kappa shape index (κ2) is 9.15. The lowest BCUT2D eigenvalue weighted by atomic mass is 10.0. The molecule has 0 bridgehead atoms. The summed E-state index contributed by atoms with van der Waals surface area (Å²) in [6, 6.07) is 6.64. The van der Waals surface area contributed by atoms with Gasteiger partial charge in [-0.05, 0) is 44.4 Å². The first-order chi connectivity index (χ1) is 11.2. The quantitative estimate of drug-likeness (QED) is 0.802. The molecule has 0 spiro atoms. The molecule has 0 heterocycles. The molecule has 0 aromatic heterocycles. The molecule has 1 unspecified atom stereocenters. The van der Waals surface area contributed by atoms with Gasteiger partial charge in [-0.2, -0.15) is 0 Å². The fourth-order valence-electron chi connectivity index (χ4n) is 2.19. The normalized spacial score (nSPS) is 13.3. The summed E-state index contributed by atoms with van der Waals surface area (Å²) in [7, 11) is 1.61. The fourth-order valence-corrected chi connectivity index (χ4v) is 2.19. The molecule has 0 fully saturated rings. The van der Waals surface area contributed by atoms with Crippen LogP contribution >= 0.6 is 0 Å². The fraction of sp³-hybridized carbons (Fsp3) is 0.556. The van der Waals surface area contributed by atoms with E-state index < -0.39 is 12.1 Å². The van der Waals surface area contributed by atoms with E-state index in [9.17, 15) is 9.59 Å². The summed E-state index contributed by atoms with van der Waals surface area (Å²) >= 11 is 0. The average molecular weight is 336 g/mol. The molecule has 1 rings (SSSR count). The topological polar surface area (TPSA) is 76.7 Å². The maximum absolute atomic E-state index is 12.5. The molecule has 1 aromatic rings. The number of carbonyl (C=O) groups excluding carboxylic acids is 2. The van der Waals surface area contributed by atoms with Gasteiger partial charge in [-0.15, -0.1) is 0 Å². The molecule has 1 aromatic carbocycles. The zero-order valence-electron chi connectivity index (χ0n) is 15.3. The summed E-state index contributed by atoms with van der Waals surface area (Å²) in [5.41, 5.74) is 0.955. The van der Waals surface area contributed by atoms with E-state index in [0.29, 0.717) is 0 Å². The third kappa shape index (κ3) is 6.10. The molecule has 2 N–H and O–H groups in total. The Bertz CT molecular complexity index is 540. The summed E-state index contributed by atoms with van der Waals surface area (Å²) < 4.78 is 10.2. The number of amides is 2. The van der Waals surface area contributed by atoms with Crippen molar-refractivity contribution >= 4 is 12.0 Å². The second-order valence-electron chi connectivity index (χ2n) is 6.32. The summed E-state index contributed by atoms with van der Waals surface area (Å²) in [6.45, 7) is 9.16. The molecule has 134 valence electrons. The Balaban J connectivity index is 2.71. The van der Waals surface area contributed by atoms with E-state index in [-0.39, 0.29) is 24.0 Å². The minimum atomic E-state index is -0.656. The molecule has 2 atom stereocenters. The van der Waals surface area contributed by atoms with Gasteiger partial charge in [0.15, 0.2) is 0 Å². The lowest BCUT2D eigenvalue weighted by Crippen LogP contribution is -2.50. The summed E-state index contributed by atoms with van der Waals surface area (Å²) in [5.74, 6) is 0.456. The van der Waals surface area contributed by atoms with E-state index in [4.69, 9.17) is 9.47 Å². The molecule has 6 heteroatoms. The van der Waals surface area contributed by atoms with Gasteiger partial charge in [0.05, 0.1) is 19.3 Å². The van der Waals surface area contributed by atoms with Crippen molar-refractivity contribution < 1.29 is 19.1 Å². The SMILES string of the molecule is COc1ccc(C(C)NC(=O)[C@@H](NC(=O)OC(C)C)C(C)C)cc1. The molecule has 0 radical (unpaired) electrons. The minimum absolute atomic E-state index is 0.0622. The molecule has 0 saturated heterocycles. The average Bonchev–Trinajstić information content (AvgIpc) is 2.51. The highest BCUT2D eigenvalue weighted by molar-refractivity contribution is 5.86. The molecular weight excluding hydrogens is 308 g/mol.